The lowest BCUT2D eigenvalue weighted by Gasteiger charge is -2.33. The monoisotopic (exact) mass is 317 g/mol. The van der Waals surface area contributed by atoms with Crippen molar-refractivity contribution in [2.45, 2.75) is 31.3 Å². The van der Waals surface area contributed by atoms with Gasteiger partial charge in [-0.1, -0.05) is 0 Å². The van der Waals surface area contributed by atoms with E-state index in [9.17, 15) is 0 Å². The number of aryl methyl sites for hydroxylation is 1. The summed E-state index contributed by atoms with van der Waals surface area (Å²) < 4.78 is 5.89. The molecule has 0 aliphatic carbocycles. The summed E-state index contributed by atoms with van der Waals surface area (Å²) >= 11 is 1.74. The summed E-state index contributed by atoms with van der Waals surface area (Å²) in [4.78, 5) is 8.44. The molecule has 2 aromatic rings. The van der Waals surface area contributed by atoms with Crippen molar-refractivity contribution in [3.63, 3.8) is 0 Å². The molecule has 3 rings (SSSR count). The fraction of sp³-hybridized carbons (Fsp3) is 0.471. The Bertz CT molecular complexity index is 623. The molecule has 5 heteroatoms. The highest BCUT2D eigenvalue weighted by Crippen LogP contribution is 2.25. The highest BCUT2D eigenvalue weighted by atomic mass is 32.2. The van der Waals surface area contributed by atoms with Gasteiger partial charge in [-0.05, 0) is 44.4 Å². The molecule has 4 nitrogen and oxygen atoms in total. The summed E-state index contributed by atoms with van der Waals surface area (Å²) in [6.45, 7) is 8.27. The lowest BCUT2D eigenvalue weighted by molar-refractivity contribution is 0.163. The molecule has 1 saturated heterocycles. The quantitative estimate of drug-likeness (QED) is 0.877. The van der Waals surface area contributed by atoms with Crippen LogP contribution in [0.5, 0.6) is 0 Å². The van der Waals surface area contributed by atoms with Gasteiger partial charge in [0.1, 0.15) is 5.76 Å². The number of piperazine rings is 1. The van der Waals surface area contributed by atoms with Crippen LogP contribution >= 0.6 is 11.8 Å². The van der Waals surface area contributed by atoms with Crippen LogP contribution in [0.3, 0.4) is 0 Å². The molecule has 118 valence electrons. The smallest absolute Gasteiger partial charge is 0.226 e. The van der Waals surface area contributed by atoms with Crippen molar-refractivity contribution in [2.24, 2.45) is 0 Å². The first-order chi connectivity index (χ1) is 10.7. The summed E-state index contributed by atoms with van der Waals surface area (Å²) in [6.07, 6.45) is 2.08. The first-order valence-corrected chi connectivity index (χ1v) is 8.95. The summed E-state index contributed by atoms with van der Waals surface area (Å²) in [7, 11) is 0. The van der Waals surface area contributed by atoms with Crippen molar-refractivity contribution in [2.75, 3.05) is 25.9 Å². The van der Waals surface area contributed by atoms with E-state index in [0.29, 0.717) is 6.04 Å². The number of thioether (sulfide) groups is 1. The molecule has 2 heterocycles. The minimum atomic E-state index is 0.536. The van der Waals surface area contributed by atoms with Gasteiger partial charge in [0.25, 0.3) is 0 Å². The second kappa shape index (κ2) is 6.86. The lowest BCUT2D eigenvalue weighted by Crippen LogP contribution is -2.49. The second-order valence-corrected chi connectivity index (χ2v) is 6.65. The van der Waals surface area contributed by atoms with E-state index in [1.165, 1.54) is 4.90 Å². The molecule has 1 fully saturated rings. The first-order valence-electron chi connectivity index (χ1n) is 7.73. The number of aromatic nitrogens is 1. The maximum Gasteiger partial charge on any atom is 0.226 e. The van der Waals surface area contributed by atoms with E-state index in [-0.39, 0.29) is 0 Å². The van der Waals surface area contributed by atoms with Crippen LogP contribution in [0.4, 0.5) is 0 Å². The average Bonchev–Trinajstić information content (AvgIpc) is 2.91. The Labute approximate surface area is 136 Å². The topological polar surface area (TPSA) is 41.3 Å². The molecule has 0 radical (unpaired) electrons. The van der Waals surface area contributed by atoms with Gasteiger partial charge in [0.2, 0.25) is 5.89 Å². The Hall–Kier alpha value is -1.30. The number of rotatable bonds is 4. The van der Waals surface area contributed by atoms with Crippen LogP contribution in [-0.4, -0.2) is 41.8 Å². The zero-order chi connectivity index (χ0) is 15.5. The van der Waals surface area contributed by atoms with Gasteiger partial charge in [-0.25, -0.2) is 4.98 Å². The van der Waals surface area contributed by atoms with E-state index in [1.807, 2.05) is 6.92 Å². The summed E-state index contributed by atoms with van der Waals surface area (Å²) in [6, 6.07) is 8.91. The molecule has 0 amide bonds. The minimum Gasteiger partial charge on any atom is -0.441 e. The zero-order valence-electron chi connectivity index (χ0n) is 13.4. The molecule has 0 bridgehead atoms. The van der Waals surface area contributed by atoms with Crippen molar-refractivity contribution < 1.29 is 4.42 Å². The Balaban J connectivity index is 1.77. The van der Waals surface area contributed by atoms with Crippen molar-refractivity contribution >= 4 is 11.8 Å². The van der Waals surface area contributed by atoms with Crippen LogP contribution in [0.1, 0.15) is 18.4 Å². The van der Waals surface area contributed by atoms with Gasteiger partial charge in [0, 0.05) is 42.7 Å². The minimum absolute atomic E-state index is 0.536. The Morgan fingerprint density at radius 2 is 2.14 bits per heavy atom. The average molecular weight is 317 g/mol. The predicted molar refractivity (Wildman–Crippen MR) is 91.2 cm³/mol. The molecule has 22 heavy (non-hydrogen) atoms. The number of hydrogen-bond donors (Lipinski definition) is 1. The van der Waals surface area contributed by atoms with Crippen molar-refractivity contribution in [1.82, 2.24) is 15.2 Å². The van der Waals surface area contributed by atoms with E-state index >= 15 is 0 Å². The maximum atomic E-state index is 5.89. The zero-order valence-corrected chi connectivity index (χ0v) is 14.2. The molecular formula is C17H23N3OS. The molecule has 1 N–H and O–H groups in total. The highest BCUT2D eigenvalue weighted by molar-refractivity contribution is 7.98. The summed E-state index contributed by atoms with van der Waals surface area (Å²) in [5, 5.41) is 3.42. The number of nitrogens with one attached hydrogen (secondary N) is 1. The number of hydrogen-bond acceptors (Lipinski definition) is 5. The van der Waals surface area contributed by atoms with Gasteiger partial charge >= 0.3 is 0 Å². The van der Waals surface area contributed by atoms with Gasteiger partial charge in [0.05, 0.1) is 5.69 Å². The normalized spacial score (nSPS) is 19.5. The van der Waals surface area contributed by atoms with Crippen LogP contribution in [0.15, 0.2) is 33.6 Å². The van der Waals surface area contributed by atoms with Gasteiger partial charge in [0.15, 0.2) is 0 Å². The Kier molecular flexibility index (Phi) is 4.86. The highest BCUT2D eigenvalue weighted by Gasteiger charge is 2.21. The van der Waals surface area contributed by atoms with Crippen LogP contribution in [0, 0.1) is 6.92 Å². The van der Waals surface area contributed by atoms with E-state index < -0.39 is 0 Å². The van der Waals surface area contributed by atoms with Crippen LogP contribution in [-0.2, 0) is 6.54 Å². The van der Waals surface area contributed by atoms with E-state index in [4.69, 9.17) is 9.40 Å². The fourth-order valence-corrected chi connectivity index (χ4v) is 3.15. The maximum absolute atomic E-state index is 5.89. The van der Waals surface area contributed by atoms with Crippen molar-refractivity contribution in [3.05, 3.63) is 35.7 Å². The number of benzene rings is 1. The molecule has 1 atom stereocenters. The Morgan fingerprint density at radius 3 is 2.82 bits per heavy atom. The van der Waals surface area contributed by atoms with Gasteiger partial charge in [-0.3, -0.25) is 4.90 Å². The van der Waals surface area contributed by atoms with E-state index in [0.717, 1.165) is 49.1 Å². The molecule has 1 aliphatic heterocycles. The predicted octanol–water partition coefficient (Wildman–Crippen LogP) is 3.17. The van der Waals surface area contributed by atoms with Crippen molar-refractivity contribution in [1.29, 1.82) is 0 Å². The van der Waals surface area contributed by atoms with E-state index in [2.05, 4.69) is 47.7 Å². The Morgan fingerprint density at radius 1 is 1.36 bits per heavy atom. The third-order valence-electron chi connectivity index (χ3n) is 4.22. The fourth-order valence-electron chi connectivity index (χ4n) is 2.74. The van der Waals surface area contributed by atoms with Crippen LogP contribution in [0.2, 0.25) is 0 Å². The van der Waals surface area contributed by atoms with Crippen molar-refractivity contribution in [3.8, 4) is 11.5 Å². The first kappa shape index (κ1) is 15.6. The van der Waals surface area contributed by atoms with E-state index in [1.54, 1.807) is 11.8 Å². The van der Waals surface area contributed by atoms with Crippen LogP contribution < -0.4 is 5.32 Å². The van der Waals surface area contributed by atoms with Gasteiger partial charge < -0.3 is 9.73 Å². The molecule has 0 spiro atoms. The molecular weight excluding hydrogens is 294 g/mol. The number of nitrogens with zero attached hydrogens (tertiary/aromatic N) is 2. The third-order valence-corrected chi connectivity index (χ3v) is 4.96. The molecule has 0 saturated carbocycles. The summed E-state index contributed by atoms with van der Waals surface area (Å²) in [5.41, 5.74) is 2.10. The SMILES string of the molecule is CSc1ccc(-c2nc(CN3CCNC[C@H]3C)c(C)o2)cc1. The van der Waals surface area contributed by atoms with Crippen LogP contribution in [0.25, 0.3) is 11.5 Å². The number of oxazole rings is 1. The molecule has 1 aromatic heterocycles. The third kappa shape index (κ3) is 3.37. The molecule has 0 unspecified atom stereocenters. The molecule has 1 aliphatic rings. The second-order valence-electron chi connectivity index (χ2n) is 5.77. The summed E-state index contributed by atoms with van der Waals surface area (Å²) in [5.74, 6) is 1.65. The van der Waals surface area contributed by atoms with Gasteiger partial charge in [-0.2, -0.15) is 0 Å². The van der Waals surface area contributed by atoms with Gasteiger partial charge in [-0.15, -0.1) is 11.8 Å². The standard InChI is InChI=1S/C17H23N3OS/c1-12-10-18-8-9-20(12)11-16-13(2)21-17(19-16)14-4-6-15(22-3)7-5-14/h4-7,12,18H,8-11H2,1-3H3/t12-/m1/s1. The largest absolute Gasteiger partial charge is 0.441 e. The molecule has 1 aromatic carbocycles. The lowest BCUT2D eigenvalue weighted by atomic mass is 10.2.